The number of benzene rings is 1. The molecule has 3 nitrogen and oxygen atoms in total. The van der Waals surface area contributed by atoms with Crippen LogP contribution in [0.15, 0.2) is 18.2 Å². The zero-order valence-electron chi connectivity index (χ0n) is 9.57. The molecule has 0 amide bonds. The van der Waals surface area contributed by atoms with Crippen molar-refractivity contribution in [3.8, 4) is 5.75 Å². The molecule has 0 atom stereocenters. The summed E-state index contributed by atoms with van der Waals surface area (Å²) in [4.78, 5) is 12.1. The van der Waals surface area contributed by atoms with Gasteiger partial charge in [-0.3, -0.25) is 4.79 Å². The monoisotopic (exact) mass is 228 g/mol. The summed E-state index contributed by atoms with van der Waals surface area (Å²) in [6, 6.07) is 5.26. The van der Waals surface area contributed by atoms with E-state index in [0.29, 0.717) is 36.4 Å². The van der Waals surface area contributed by atoms with Crippen LogP contribution in [0.4, 0.5) is 0 Å². The van der Waals surface area contributed by atoms with Crippen molar-refractivity contribution in [3.05, 3.63) is 23.8 Å². The lowest BCUT2D eigenvalue weighted by atomic mass is 9.82. The van der Waals surface area contributed by atoms with Gasteiger partial charge in [-0.2, -0.15) is 0 Å². The number of ether oxygens (including phenoxy) is 2. The van der Waals surface area contributed by atoms with Crippen LogP contribution < -0.4 is 10.2 Å². The number of carbonyl (C=O) groups excluding carboxylic acids is 1. The Kier molecular flexibility index (Phi) is 2.47. The Bertz CT molecular complexity index is 464. The van der Waals surface area contributed by atoms with Crippen molar-refractivity contribution in [2.24, 2.45) is 0 Å². The molecule has 0 saturated carbocycles. The standard InChI is InChI=1S/C13H13BO3/c14-9-1-2-12-10(7-9)11(15)8-13(17-12)3-5-16-6-4-13/h1-2,7H,3-6,8H2. The van der Waals surface area contributed by atoms with E-state index in [9.17, 15) is 4.79 Å². The molecule has 3 rings (SSSR count). The highest BCUT2D eigenvalue weighted by Crippen LogP contribution is 2.38. The largest absolute Gasteiger partial charge is 0.486 e. The number of Topliss-reactive ketones (excluding diaryl/α,β-unsaturated/α-hetero) is 1. The average molecular weight is 228 g/mol. The van der Waals surface area contributed by atoms with Gasteiger partial charge < -0.3 is 9.47 Å². The summed E-state index contributed by atoms with van der Waals surface area (Å²) in [5.74, 6) is 0.790. The molecule has 1 aromatic rings. The highest BCUT2D eigenvalue weighted by atomic mass is 16.5. The summed E-state index contributed by atoms with van der Waals surface area (Å²) in [6.07, 6.45) is 2.00. The van der Waals surface area contributed by atoms with Crippen molar-refractivity contribution in [2.75, 3.05) is 13.2 Å². The average Bonchev–Trinajstić information content (AvgIpc) is 2.31. The summed E-state index contributed by atoms with van der Waals surface area (Å²) in [7, 11) is 5.69. The van der Waals surface area contributed by atoms with E-state index in [0.717, 1.165) is 12.8 Å². The Morgan fingerprint density at radius 3 is 2.76 bits per heavy atom. The van der Waals surface area contributed by atoms with Gasteiger partial charge in [0.1, 0.15) is 19.2 Å². The topological polar surface area (TPSA) is 35.5 Å². The van der Waals surface area contributed by atoms with Gasteiger partial charge in [0, 0.05) is 12.8 Å². The first-order valence-corrected chi connectivity index (χ1v) is 5.88. The molecule has 2 heterocycles. The lowest BCUT2D eigenvalue weighted by Gasteiger charge is -2.40. The lowest BCUT2D eigenvalue weighted by Crippen LogP contribution is -2.46. The maximum absolute atomic E-state index is 12.1. The molecule has 86 valence electrons. The van der Waals surface area contributed by atoms with Gasteiger partial charge in [0.05, 0.1) is 25.2 Å². The van der Waals surface area contributed by atoms with Gasteiger partial charge in [0.2, 0.25) is 0 Å². The summed E-state index contributed by atoms with van der Waals surface area (Å²) < 4.78 is 11.4. The van der Waals surface area contributed by atoms with Crippen molar-refractivity contribution in [3.63, 3.8) is 0 Å². The van der Waals surface area contributed by atoms with Crippen molar-refractivity contribution >= 4 is 19.1 Å². The maximum atomic E-state index is 12.1. The molecule has 2 aliphatic heterocycles. The molecule has 4 heteroatoms. The van der Waals surface area contributed by atoms with Crippen molar-refractivity contribution in [2.45, 2.75) is 24.9 Å². The van der Waals surface area contributed by atoms with Crippen LogP contribution in [0.1, 0.15) is 29.6 Å². The second-order valence-electron chi connectivity index (χ2n) is 4.75. The normalized spacial score (nSPS) is 22.0. The molecule has 1 aromatic carbocycles. The highest BCUT2D eigenvalue weighted by molar-refractivity contribution is 6.32. The molecule has 0 unspecified atom stereocenters. The quantitative estimate of drug-likeness (QED) is 0.621. The predicted molar refractivity (Wildman–Crippen MR) is 64.2 cm³/mol. The van der Waals surface area contributed by atoms with Crippen LogP contribution >= 0.6 is 0 Å². The molecule has 17 heavy (non-hydrogen) atoms. The van der Waals surface area contributed by atoms with E-state index in [1.807, 2.05) is 0 Å². The third kappa shape index (κ3) is 1.87. The summed E-state index contributed by atoms with van der Waals surface area (Å²) in [6.45, 7) is 1.33. The Balaban J connectivity index is 1.97. The van der Waals surface area contributed by atoms with Crippen LogP contribution in [0, 0.1) is 0 Å². The van der Waals surface area contributed by atoms with Gasteiger partial charge in [-0.1, -0.05) is 17.6 Å². The number of rotatable bonds is 0. The molecule has 1 fully saturated rings. The first-order chi connectivity index (χ1) is 8.19. The van der Waals surface area contributed by atoms with Crippen LogP contribution in [-0.2, 0) is 4.74 Å². The van der Waals surface area contributed by atoms with E-state index in [-0.39, 0.29) is 11.4 Å². The van der Waals surface area contributed by atoms with E-state index in [4.69, 9.17) is 17.3 Å². The molecule has 1 spiro atoms. The van der Waals surface area contributed by atoms with Crippen LogP contribution in [0.2, 0.25) is 0 Å². The molecular formula is C13H13BO3. The maximum Gasteiger partial charge on any atom is 0.170 e. The van der Waals surface area contributed by atoms with Gasteiger partial charge in [-0.05, 0) is 6.07 Å². The number of carbonyl (C=O) groups is 1. The zero-order valence-corrected chi connectivity index (χ0v) is 9.57. The highest BCUT2D eigenvalue weighted by Gasteiger charge is 2.41. The number of ketones is 1. The van der Waals surface area contributed by atoms with Crippen LogP contribution in [0.3, 0.4) is 0 Å². The van der Waals surface area contributed by atoms with E-state index in [1.54, 1.807) is 18.2 Å². The Morgan fingerprint density at radius 2 is 2.00 bits per heavy atom. The molecule has 1 saturated heterocycles. The summed E-state index contributed by atoms with van der Waals surface area (Å²) in [5.41, 5.74) is 0.865. The van der Waals surface area contributed by atoms with E-state index in [2.05, 4.69) is 0 Å². The van der Waals surface area contributed by atoms with Crippen molar-refractivity contribution < 1.29 is 14.3 Å². The van der Waals surface area contributed by atoms with E-state index >= 15 is 0 Å². The Morgan fingerprint density at radius 1 is 1.24 bits per heavy atom. The molecular weight excluding hydrogens is 215 g/mol. The van der Waals surface area contributed by atoms with Gasteiger partial charge in [0.25, 0.3) is 0 Å². The van der Waals surface area contributed by atoms with Crippen molar-refractivity contribution in [1.82, 2.24) is 0 Å². The Hall–Kier alpha value is -1.29. The second-order valence-corrected chi connectivity index (χ2v) is 4.75. The molecule has 0 aliphatic carbocycles. The fourth-order valence-corrected chi connectivity index (χ4v) is 2.53. The van der Waals surface area contributed by atoms with Gasteiger partial charge in [-0.25, -0.2) is 0 Å². The minimum atomic E-state index is -0.349. The van der Waals surface area contributed by atoms with Crippen molar-refractivity contribution in [1.29, 1.82) is 0 Å². The number of hydrogen-bond acceptors (Lipinski definition) is 3. The van der Waals surface area contributed by atoms with Crippen LogP contribution in [-0.4, -0.2) is 32.4 Å². The molecule has 0 bridgehead atoms. The van der Waals surface area contributed by atoms with Gasteiger partial charge >= 0.3 is 0 Å². The Labute approximate surface area is 102 Å². The van der Waals surface area contributed by atoms with Gasteiger partial charge in [0.15, 0.2) is 5.78 Å². The van der Waals surface area contributed by atoms with Gasteiger partial charge in [-0.15, -0.1) is 0 Å². The van der Waals surface area contributed by atoms with Crippen LogP contribution in [0.25, 0.3) is 0 Å². The lowest BCUT2D eigenvalue weighted by molar-refractivity contribution is -0.0504. The second kappa shape index (κ2) is 3.88. The van der Waals surface area contributed by atoms with Crippen LogP contribution in [0.5, 0.6) is 5.75 Å². The first kappa shape index (κ1) is 10.8. The molecule has 2 aliphatic rings. The minimum Gasteiger partial charge on any atom is -0.486 e. The fourth-order valence-electron chi connectivity index (χ4n) is 2.53. The molecule has 0 N–H and O–H groups in total. The minimum absolute atomic E-state index is 0.125. The fraction of sp³-hybridized carbons (Fsp3) is 0.462. The third-order valence-corrected chi connectivity index (χ3v) is 3.52. The summed E-state index contributed by atoms with van der Waals surface area (Å²) >= 11 is 0. The molecule has 0 aromatic heterocycles. The zero-order chi connectivity index (χ0) is 11.9. The van der Waals surface area contributed by atoms with E-state index in [1.165, 1.54) is 0 Å². The third-order valence-electron chi connectivity index (χ3n) is 3.52. The van der Waals surface area contributed by atoms with E-state index < -0.39 is 0 Å². The molecule has 2 radical (unpaired) electrons. The smallest absolute Gasteiger partial charge is 0.170 e. The first-order valence-electron chi connectivity index (χ1n) is 5.88. The number of fused-ring (bicyclic) bond motifs is 1. The summed E-state index contributed by atoms with van der Waals surface area (Å²) in [5, 5.41) is 0. The predicted octanol–water partition coefficient (Wildman–Crippen LogP) is 0.995. The SMILES string of the molecule is [B]c1ccc2c(c1)C(=O)CC1(CCOCC1)O2. The number of hydrogen-bond donors (Lipinski definition) is 0.